The highest BCUT2D eigenvalue weighted by Gasteiger charge is 2.42. The van der Waals surface area contributed by atoms with Crippen molar-refractivity contribution in [3.8, 4) is 0 Å². The molecule has 3 N–H and O–H groups in total. The number of rotatable bonds is 3. The maximum atomic E-state index is 11.7. The van der Waals surface area contributed by atoms with Gasteiger partial charge in [0.05, 0.1) is 11.5 Å². The summed E-state index contributed by atoms with van der Waals surface area (Å²) in [7, 11) is -3.04. The molecule has 1 aromatic carbocycles. The Kier molecular flexibility index (Phi) is 3.87. The lowest BCUT2D eigenvalue weighted by Crippen LogP contribution is -2.55. The van der Waals surface area contributed by atoms with Crippen LogP contribution in [0.3, 0.4) is 0 Å². The van der Waals surface area contributed by atoms with Crippen molar-refractivity contribution in [3.05, 3.63) is 28.7 Å². The van der Waals surface area contributed by atoms with Crippen molar-refractivity contribution in [2.24, 2.45) is 5.73 Å². The quantitative estimate of drug-likeness (QED) is 0.862. The Hall–Kier alpha value is -1.08. The standard InChI is InChI=1S/C12H15BrN2O3S/c13-9-1-3-10(4-2-9)15-12(11(14)16)5-7-19(17,18)8-6-12/h1-4,15H,5-8H2,(H2,14,16). The summed E-state index contributed by atoms with van der Waals surface area (Å²) in [5.41, 5.74) is 5.24. The Bertz CT molecular complexity index is 569. The van der Waals surface area contributed by atoms with Gasteiger partial charge in [0.1, 0.15) is 5.54 Å². The maximum absolute atomic E-state index is 11.7. The zero-order valence-corrected chi connectivity index (χ0v) is 12.6. The van der Waals surface area contributed by atoms with Crippen LogP contribution in [0.4, 0.5) is 5.69 Å². The average molecular weight is 347 g/mol. The number of hydrogen-bond acceptors (Lipinski definition) is 4. The van der Waals surface area contributed by atoms with E-state index in [9.17, 15) is 13.2 Å². The van der Waals surface area contributed by atoms with Gasteiger partial charge >= 0.3 is 0 Å². The molecule has 19 heavy (non-hydrogen) atoms. The molecule has 1 amide bonds. The highest BCUT2D eigenvalue weighted by molar-refractivity contribution is 9.10. The SMILES string of the molecule is NC(=O)C1(Nc2ccc(Br)cc2)CCS(=O)(=O)CC1. The van der Waals surface area contributed by atoms with Crippen LogP contribution in [-0.4, -0.2) is 31.4 Å². The average Bonchev–Trinajstić information content (AvgIpc) is 2.35. The third-order valence-corrected chi connectivity index (χ3v) is 5.56. The van der Waals surface area contributed by atoms with E-state index in [2.05, 4.69) is 21.2 Å². The molecule has 0 aromatic heterocycles. The largest absolute Gasteiger partial charge is 0.371 e. The first kappa shape index (κ1) is 14.3. The number of amides is 1. The van der Waals surface area contributed by atoms with Gasteiger partial charge in [0.2, 0.25) is 5.91 Å². The number of nitrogens with one attached hydrogen (secondary N) is 1. The second-order valence-corrected chi connectivity index (χ2v) is 7.95. The molecule has 5 nitrogen and oxygen atoms in total. The van der Waals surface area contributed by atoms with Gasteiger partial charge < -0.3 is 11.1 Å². The summed E-state index contributed by atoms with van der Waals surface area (Å²) < 4.78 is 23.9. The fourth-order valence-electron chi connectivity index (χ4n) is 2.13. The van der Waals surface area contributed by atoms with E-state index in [1.165, 1.54) is 0 Å². The molecule has 1 aliphatic heterocycles. The number of primary amides is 1. The monoisotopic (exact) mass is 346 g/mol. The van der Waals surface area contributed by atoms with E-state index in [0.717, 1.165) is 10.2 Å². The number of carbonyl (C=O) groups is 1. The van der Waals surface area contributed by atoms with Gasteiger partial charge in [-0.3, -0.25) is 4.79 Å². The molecule has 0 atom stereocenters. The lowest BCUT2D eigenvalue weighted by atomic mass is 9.91. The van der Waals surface area contributed by atoms with E-state index in [4.69, 9.17) is 5.73 Å². The second-order valence-electron chi connectivity index (χ2n) is 4.73. The molecule has 0 saturated carbocycles. The Morgan fingerprint density at radius 3 is 2.21 bits per heavy atom. The lowest BCUT2D eigenvalue weighted by Gasteiger charge is -2.35. The van der Waals surface area contributed by atoms with E-state index < -0.39 is 21.3 Å². The first-order chi connectivity index (χ1) is 8.83. The molecular weight excluding hydrogens is 332 g/mol. The minimum atomic E-state index is -3.04. The molecule has 1 fully saturated rings. The summed E-state index contributed by atoms with van der Waals surface area (Å²) in [5, 5.41) is 3.10. The van der Waals surface area contributed by atoms with Crippen LogP contribution in [0.5, 0.6) is 0 Å². The summed E-state index contributed by atoms with van der Waals surface area (Å²) in [4.78, 5) is 11.7. The Morgan fingerprint density at radius 2 is 1.74 bits per heavy atom. The minimum Gasteiger partial charge on any atom is -0.371 e. The topological polar surface area (TPSA) is 89.3 Å². The third-order valence-electron chi connectivity index (χ3n) is 3.38. The van der Waals surface area contributed by atoms with Crippen LogP contribution in [0.15, 0.2) is 28.7 Å². The molecule has 1 aliphatic rings. The van der Waals surface area contributed by atoms with Gasteiger partial charge in [0.15, 0.2) is 9.84 Å². The van der Waals surface area contributed by atoms with Crippen LogP contribution < -0.4 is 11.1 Å². The summed E-state index contributed by atoms with van der Waals surface area (Å²) in [5.74, 6) is -0.538. The maximum Gasteiger partial charge on any atom is 0.243 e. The van der Waals surface area contributed by atoms with E-state index in [1.54, 1.807) is 0 Å². The molecule has 0 unspecified atom stereocenters. The fraction of sp³-hybridized carbons (Fsp3) is 0.417. The van der Waals surface area contributed by atoms with Crippen molar-refractivity contribution in [2.75, 3.05) is 16.8 Å². The van der Waals surface area contributed by atoms with Gasteiger partial charge in [0, 0.05) is 10.2 Å². The molecule has 1 saturated heterocycles. The van der Waals surface area contributed by atoms with Gasteiger partial charge in [-0.15, -0.1) is 0 Å². The molecule has 0 spiro atoms. The first-order valence-electron chi connectivity index (χ1n) is 5.87. The number of benzene rings is 1. The molecular formula is C12H15BrN2O3S. The van der Waals surface area contributed by atoms with Crippen molar-refractivity contribution >= 4 is 37.4 Å². The lowest BCUT2D eigenvalue weighted by molar-refractivity contribution is -0.122. The Labute approximate surface area is 120 Å². The number of sulfone groups is 1. The molecule has 0 bridgehead atoms. The Balaban J connectivity index is 2.22. The van der Waals surface area contributed by atoms with Crippen LogP contribution in [-0.2, 0) is 14.6 Å². The number of halogens is 1. The van der Waals surface area contributed by atoms with Gasteiger partial charge in [0.25, 0.3) is 0 Å². The predicted octanol–water partition coefficient (Wildman–Crippen LogP) is 1.29. The van der Waals surface area contributed by atoms with Crippen LogP contribution in [0.25, 0.3) is 0 Å². The highest BCUT2D eigenvalue weighted by Crippen LogP contribution is 2.28. The van der Waals surface area contributed by atoms with Gasteiger partial charge in [-0.1, -0.05) is 15.9 Å². The van der Waals surface area contributed by atoms with Crippen molar-refractivity contribution < 1.29 is 13.2 Å². The van der Waals surface area contributed by atoms with Crippen molar-refractivity contribution in [3.63, 3.8) is 0 Å². The fourth-order valence-corrected chi connectivity index (χ4v) is 3.92. The predicted molar refractivity (Wildman–Crippen MR) is 77.6 cm³/mol. The van der Waals surface area contributed by atoms with Crippen LogP contribution in [0, 0.1) is 0 Å². The number of anilines is 1. The third kappa shape index (κ3) is 3.27. The second kappa shape index (κ2) is 5.13. The van der Waals surface area contributed by atoms with Crippen molar-refractivity contribution in [1.29, 1.82) is 0 Å². The van der Waals surface area contributed by atoms with Crippen LogP contribution in [0.2, 0.25) is 0 Å². The number of hydrogen-bond donors (Lipinski definition) is 2. The van der Waals surface area contributed by atoms with Gasteiger partial charge in [-0.05, 0) is 37.1 Å². The highest BCUT2D eigenvalue weighted by atomic mass is 79.9. The Morgan fingerprint density at radius 1 is 1.21 bits per heavy atom. The van der Waals surface area contributed by atoms with E-state index >= 15 is 0 Å². The van der Waals surface area contributed by atoms with Crippen LogP contribution >= 0.6 is 15.9 Å². The molecule has 0 aliphatic carbocycles. The molecule has 104 valence electrons. The summed E-state index contributed by atoms with van der Waals surface area (Å²) in [6.07, 6.45) is 0.418. The molecule has 1 aromatic rings. The molecule has 2 rings (SSSR count). The molecule has 0 radical (unpaired) electrons. The van der Waals surface area contributed by atoms with Gasteiger partial charge in [-0.2, -0.15) is 0 Å². The summed E-state index contributed by atoms with van der Waals surface area (Å²) in [6, 6.07) is 7.32. The first-order valence-corrected chi connectivity index (χ1v) is 8.49. The van der Waals surface area contributed by atoms with Gasteiger partial charge in [-0.25, -0.2) is 8.42 Å². The molecule has 7 heteroatoms. The zero-order chi connectivity index (χ0) is 14.1. The van der Waals surface area contributed by atoms with E-state index in [1.807, 2.05) is 24.3 Å². The summed E-state index contributed by atoms with van der Waals surface area (Å²) >= 11 is 3.33. The van der Waals surface area contributed by atoms with Crippen molar-refractivity contribution in [2.45, 2.75) is 18.4 Å². The van der Waals surface area contributed by atoms with Crippen LogP contribution in [0.1, 0.15) is 12.8 Å². The smallest absolute Gasteiger partial charge is 0.243 e. The van der Waals surface area contributed by atoms with E-state index in [-0.39, 0.29) is 24.3 Å². The number of nitrogens with two attached hydrogens (primary N) is 1. The van der Waals surface area contributed by atoms with Crippen molar-refractivity contribution in [1.82, 2.24) is 0 Å². The minimum absolute atomic E-state index is 0.0144. The number of carbonyl (C=O) groups excluding carboxylic acids is 1. The zero-order valence-electron chi connectivity index (χ0n) is 10.2. The molecule has 1 heterocycles. The normalized spacial score (nSPS) is 20.7. The van der Waals surface area contributed by atoms with E-state index in [0.29, 0.717) is 0 Å². The summed E-state index contributed by atoms with van der Waals surface area (Å²) in [6.45, 7) is 0.